The van der Waals surface area contributed by atoms with Crippen molar-refractivity contribution < 1.29 is 4.74 Å². The summed E-state index contributed by atoms with van der Waals surface area (Å²) in [5.74, 6) is 1.54. The highest BCUT2D eigenvalue weighted by molar-refractivity contribution is 5.28. The van der Waals surface area contributed by atoms with E-state index in [9.17, 15) is 0 Å². The number of ether oxygens (including phenoxy) is 1. The molecule has 1 aromatic rings. The van der Waals surface area contributed by atoms with Crippen LogP contribution in [0.1, 0.15) is 38.8 Å². The topological polar surface area (TPSA) is 35.2 Å². The number of rotatable bonds is 5. The molecular weight excluding hydrogens is 186 g/mol. The molecule has 84 valence electrons. The molecule has 0 aliphatic rings. The predicted molar refractivity (Wildman–Crippen MR) is 64.0 cm³/mol. The van der Waals surface area contributed by atoms with Crippen LogP contribution in [0.2, 0.25) is 0 Å². The van der Waals surface area contributed by atoms with Gasteiger partial charge in [0.15, 0.2) is 0 Å². The largest absolute Gasteiger partial charge is 0.493 e. The highest BCUT2D eigenvalue weighted by Crippen LogP contribution is 2.16. The molecule has 0 radical (unpaired) electrons. The van der Waals surface area contributed by atoms with Gasteiger partial charge in [-0.2, -0.15) is 0 Å². The van der Waals surface area contributed by atoms with Crippen LogP contribution in [0.15, 0.2) is 24.3 Å². The lowest BCUT2D eigenvalue weighted by atomic mass is 10.1. The van der Waals surface area contributed by atoms with Gasteiger partial charge in [0.1, 0.15) is 5.75 Å². The monoisotopic (exact) mass is 207 g/mol. The van der Waals surface area contributed by atoms with Crippen LogP contribution in [0.25, 0.3) is 0 Å². The van der Waals surface area contributed by atoms with Crippen molar-refractivity contribution in [3.63, 3.8) is 0 Å². The summed E-state index contributed by atoms with van der Waals surface area (Å²) in [6.45, 7) is 7.13. The number of nitrogens with two attached hydrogens (primary N) is 1. The molecule has 0 fully saturated rings. The Morgan fingerprint density at radius 3 is 2.27 bits per heavy atom. The maximum Gasteiger partial charge on any atom is 0.119 e. The minimum absolute atomic E-state index is 0.0913. The summed E-state index contributed by atoms with van der Waals surface area (Å²) >= 11 is 0. The molecule has 0 spiro atoms. The van der Waals surface area contributed by atoms with Gasteiger partial charge in [0.25, 0.3) is 0 Å². The van der Waals surface area contributed by atoms with Crippen LogP contribution in [0.4, 0.5) is 0 Å². The second kappa shape index (κ2) is 5.76. The maximum atomic E-state index is 5.77. The quantitative estimate of drug-likeness (QED) is 0.805. The van der Waals surface area contributed by atoms with E-state index in [1.807, 2.05) is 31.2 Å². The summed E-state index contributed by atoms with van der Waals surface area (Å²) in [6, 6.07) is 8.11. The standard InChI is InChI=1S/C13H21NO/c1-4-10(2)9-15-13-7-5-12(6-8-13)11(3)14/h5-8,10-11H,4,9,14H2,1-3H3/t10?,11-/m1/s1. The Kier molecular flexibility index (Phi) is 4.63. The molecular formula is C13H21NO. The van der Waals surface area contributed by atoms with Gasteiger partial charge in [0.05, 0.1) is 6.61 Å². The van der Waals surface area contributed by atoms with Crippen LogP contribution in [0.5, 0.6) is 5.75 Å². The van der Waals surface area contributed by atoms with Gasteiger partial charge >= 0.3 is 0 Å². The molecule has 2 heteroatoms. The third-order valence-electron chi connectivity index (χ3n) is 2.64. The first-order chi connectivity index (χ1) is 7.13. The van der Waals surface area contributed by atoms with Crippen LogP contribution in [0, 0.1) is 5.92 Å². The third-order valence-corrected chi connectivity index (χ3v) is 2.64. The van der Waals surface area contributed by atoms with Gasteiger partial charge < -0.3 is 10.5 Å². The Bertz CT molecular complexity index is 279. The first-order valence-electron chi connectivity index (χ1n) is 5.61. The van der Waals surface area contributed by atoms with Gasteiger partial charge in [-0.3, -0.25) is 0 Å². The number of benzene rings is 1. The molecule has 0 saturated heterocycles. The van der Waals surface area contributed by atoms with Crippen LogP contribution in [-0.2, 0) is 0 Å². The maximum absolute atomic E-state index is 5.77. The van der Waals surface area contributed by atoms with E-state index in [1.165, 1.54) is 0 Å². The highest BCUT2D eigenvalue weighted by atomic mass is 16.5. The Hall–Kier alpha value is -1.02. The zero-order chi connectivity index (χ0) is 11.3. The van der Waals surface area contributed by atoms with Crippen molar-refractivity contribution in [2.75, 3.05) is 6.61 Å². The van der Waals surface area contributed by atoms with Crippen molar-refractivity contribution in [1.29, 1.82) is 0 Å². The van der Waals surface area contributed by atoms with Crippen LogP contribution < -0.4 is 10.5 Å². The van der Waals surface area contributed by atoms with Crippen molar-refractivity contribution in [1.82, 2.24) is 0 Å². The fourth-order valence-corrected chi connectivity index (χ4v) is 1.22. The highest BCUT2D eigenvalue weighted by Gasteiger charge is 2.02. The summed E-state index contributed by atoms with van der Waals surface area (Å²) in [4.78, 5) is 0. The second-order valence-corrected chi connectivity index (χ2v) is 4.18. The van der Waals surface area contributed by atoms with Crippen molar-refractivity contribution in [2.24, 2.45) is 11.7 Å². The van der Waals surface area contributed by atoms with Gasteiger partial charge in [0, 0.05) is 6.04 Å². The Balaban J connectivity index is 2.50. The lowest BCUT2D eigenvalue weighted by Gasteiger charge is -2.12. The summed E-state index contributed by atoms with van der Waals surface area (Å²) in [5, 5.41) is 0. The number of hydrogen-bond donors (Lipinski definition) is 1. The van der Waals surface area contributed by atoms with E-state index in [1.54, 1.807) is 0 Å². The zero-order valence-electron chi connectivity index (χ0n) is 9.86. The van der Waals surface area contributed by atoms with E-state index in [2.05, 4.69) is 13.8 Å². The molecule has 0 aromatic heterocycles. The van der Waals surface area contributed by atoms with Gasteiger partial charge in [-0.25, -0.2) is 0 Å². The summed E-state index contributed by atoms with van der Waals surface area (Å²) in [7, 11) is 0. The normalized spacial score (nSPS) is 14.7. The fourth-order valence-electron chi connectivity index (χ4n) is 1.22. The minimum Gasteiger partial charge on any atom is -0.493 e. The summed E-state index contributed by atoms with van der Waals surface area (Å²) in [5.41, 5.74) is 6.91. The lowest BCUT2D eigenvalue weighted by molar-refractivity contribution is 0.256. The molecule has 2 N–H and O–H groups in total. The van der Waals surface area contributed by atoms with Crippen molar-refractivity contribution in [2.45, 2.75) is 33.2 Å². The minimum atomic E-state index is 0.0913. The second-order valence-electron chi connectivity index (χ2n) is 4.18. The molecule has 0 aliphatic carbocycles. The van der Waals surface area contributed by atoms with Gasteiger partial charge in [-0.1, -0.05) is 32.4 Å². The molecule has 0 aliphatic heterocycles. The molecule has 1 rings (SSSR count). The molecule has 0 heterocycles. The average Bonchev–Trinajstić information content (AvgIpc) is 2.26. The molecule has 0 amide bonds. The summed E-state index contributed by atoms with van der Waals surface area (Å²) < 4.78 is 5.65. The Labute approximate surface area is 92.4 Å². The van der Waals surface area contributed by atoms with Crippen molar-refractivity contribution in [3.8, 4) is 5.75 Å². The van der Waals surface area contributed by atoms with Crippen LogP contribution in [-0.4, -0.2) is 6.61 Å². The van der Waals surface area contributed by atoms with Gasteiger partial charge in [0.2, 0.25) is 0 Å². The van der Waals surface area contributed by atoms with E-state index in [0.717, 1.165) is 24.3 Å². The van der Waals surface area contributed by atoms with Gasteiger partial charge in [-0.05, 0) is 30.5 Å². The van der Waals surface area contributed by atoms with Crippen molar-refractivity contribution >= 4 is 0 Å². The molecule has 2 nitrogen and oxygen atoms in total. The van der Waals surface area contributed by atoms with E-state index in [-0.39, 0.29) is 6.04 Å². The number of hydrogen-bond acceptors (Lipinski definition) is 2. The van der Waals surface area contributed by atoms with E-state index < -0.39 is 0 Å². The molecule has 1 aromatic carbocycles. The first kappa shape index (κ1) is 12.1. The van der Waals surface area contributed by atoms with Crippen molar-refractivity contribution in [3.05, 3.63) is 29.8 Å². The fraction of sp³-hybridized carbons (Fsp3) is 0.538. The van der Waals surface area contributed by atoms with E-state index in [4.69, 9.17) is 10.5 Å². The van der Waals surface area contributed by atoms with E-state index in [0.29, 0.717) is 5.92 Å². The first-order valence-corrected chi connectivity index (χ1v) is 5.61. The SMILES string of the molecule is CCC(C)COc1ccc([C@@H](C)N)cc1. The zero-order valence-corrected chi connectivity index (χ0v) is 9.86. The third kappa shape index (κ3) is 3.92. The molecule has 15 heavy (non-hydrogen) atoms. The Morgan fingerprint density at radius 1 is 1.20 bits per heavy atom. The molecule has 1 unspecified atom stereocenters. The Morgan fingerprint density at radius 2 is 1.80 bits per heavy atom. The molecule has 0 saturated carbocycles. The van der Waals surface area contributed by atoms with Gasteiger partial charge in [-0.15, -0.1) is 0 Å². The average molecular weight is 207 g/mol. The smallest absolute Gasteiger partial charge is 0.119 e. The van der Waals surface area contributed by atoms with Crippen LogP contribution in [0.3, 0.4) is 0 Å². The molecule has 2 atom stereocenters. The molecule has 0 bridgehead atoms. The predicted octanol–water partition coefficient (Wildman–Crippen LogP) is 3.13. The van der Waals surface area contributed by atoms with E-state index >= 15 is 0 Å². The summed E-state index contributed by atoms with van der Waals surface area (Å²) in [6.07, 6.45) is 1.15. The van der Waals surface area contributed by atoms with Crippen LogP contribution >= 0.6 is 0 Å². The lowest BCUT2D eigenvalue weighted by Crippen LogP contribution is -2.08.